The summed E-state index contributed by atoms with van der Waals surface area (Å²) in [5, 5.41) is 0. The molecule has 1 fully saturated rings. The number of carbonyl (C=O) groups excluding carboxylic acids is 1. The van der Waals surface area contributed by atoms with Gasteiger partial charge < -0.3 is 14.5 Å². The molecule has 1 atom stereocenters. The molecule has 1 aliphatic heterocycles. The molecule has 0 radical (unpaired) electrons. The van der Waals surface area contributed by atoms with Crippen LogP contribution < -0.4 is 9.64 Å². The van der Waals surface area contributed by atoms with Crippen LogP contribution in [0.3, 0.4) is 0 Å². The van der Waals surface area contributed by atoms with Crippen LogP contribution in [-0.4, -0.2) is 53.1 Å². The summed E-state index contributed by atoms with van der Waals surface area (Å²) >= 11 is 0. The molecule has 1 aromatic carbocycles. The molecule has 1 aromatic heterocycles. The number of hydrogen-bond acceptors (Lipinski definition) is 5. The molecule has 25 heavy (non-hydrogen) atoms. The van der Waals surface area contributed by atoms with Gasteiger partial charge in [0.25, 0.3) is 5.91 Å². The topological polar surface area (TPSA) is 58.6 Å². The number of amides is 1. The molecular weight excluding hydrogens is 330 g/mol. The Bertz CT molecular complexity index is 737. The first-order valence-electron chi connectivity index (χ1n) is 7.97. The third-order valence-corrected chi connectivity index (χ3v) is 3.97. The van der Waals surface area contributed by atoms with Crippen molar-refractivity contribution in [3.05, 3.63) is 48.3 Å². The number of ether oxygens (including phenoxy) is 1. The molecule has 132 valence electrons. The van der Waals surface area contributed by atoms with E-state index < -0.39 is 17.7 Å². The fourth-order valence-corrected chi connectivity index (χ4v) is 2.65. The highest BCUT2D eigenvalue weighted by Crippen LogP contribution is 2.20. The zero-order valence-corrected chi connectivity index (χ0v) is 13.7. The molecular formula is C17H18F2N4O2. The maximum atomic E-state index is 13.6. The van der Waals surface area contributed by atoms with Gasteiger partial charge in [-0.15, -0.1) is 0 Å². The van der Waals surface area contributed by atoms with Gasteiger partial charge in [0.05, 0.1) is 0 Å². The van der Waals surface area contributed by atoms with Gasteiger partial charge in [-0.25, -0.2) is 18.7 Å². The van der Waals surface area contributed by atoms with Crippen LogP contribution in [0.1, 0.15) is 6.92 Å². The van der Waals surface area contributed by atoms with Crippen LogP contribution in [0.4, 0.5) is 14.7 Å². The highest BCUT2D eigenvalue weighted by molar-refractivity contribution is 5.81. The van der Waals surface area contributed by atoms with E-state index in [9.17, 15) is 13.6 Å². The van der Waals surface area contributed by atoms with E-state index >= 15 is 0 Å². The van der Waals surface area contributed by atoms with Gasteiger partial charge in [0.2, 0.25) is 5.95 Å². The van der Waals surface area contributed by atoms with Gasteiger partial charge in [-0.3, -0.25) is 4.79 Å². The average Bonchev–Trinajstić information content (AvgIpc) is 2.64. The van der Waals surface area contributed by atoms with E-state index in [4.69, 9.17) is 4.74 Å². The number of piperazine rings is 1. The quantitative estimate of drug-likeness (QED) is 0.844. The Labute approximate surface area is 144 Å². The number of anilines is 1. The number of carbonyl (C=O) groups is 1. The molecule has 8 heteroatoms. The first kappa shape index (κ1) is 17.1. The molecule has 3 rings (SSSR count). The summed E-state index contributed by atoms with van der Waals surface area (Å²) < 4.78 is 31.9. The third-order valence-electron chi connectivity index (χ3n) is 3.97. The van der Waals surface area contributed by atoms with Crippen molar-refractivity contribution in [3.8, 4) is 5.75 Å². The zero-order valence-electron chi connectivity index (χ0n) is 13.7. The van der Waals surface area contributed by atoms with E-state index in [2.05, 4.69) is 9.97 Å². The van der Waals surface area contributed by atoms with Crippen LogP contribution in [0, 0.1) is 11.6 Å². The number of rotatable bonds is 4. The van der Waals surface area contributed by atoms with E-state index in [1.807, 2.05) is 4.90 Å². The van der Waals surface area contributed by atoms with Crippen LogP contribution >= 0.6 is 0 Å². The van der Waals surface area contributed by atoms with Crippen molar-refractivity contribution >= 4 is 11.9 Å². The fourth-order valence-electron chi connectivity index (χ4n) is 2.65. The number of nitrogens with zero attached hydrogens (tertiary/aromatic N) is 4. The van der Waals surface area contributed by atoms with Crippen molar-refractivity contribution in [2.24, 2.45) is 0 Å². The van der Waals surface area contributed by atoms with Crippen molar-refractivity contribution in [1.82, 2.24) is 14.9 Å². The summed E-state index contributed by atoms with van der Waals surface area (Å²) in [6, 6.07) is 4.75. The van der Waals surface area contributed by atoms with E-state index in [0.717, 1.165) is 12.1 Å². The molecule has 0 spiro atoms. The molecule has 1 amide bonds. The standard InChI is InChI=1S/C17H18F2N4O2/c1-12(25-15-4-3-13(18)11-14(15)19)16(24)22-7-9-23(10-8-22)17-20-5-2-6-21-17/h2-6,11-12H,7-10H2,1H3/t12-/m0/s1. The van der Waals surface area contributed by atoms with Gasteiger partial charge in [-0.2, -0.15) is 0 Å². The molecule has 0 aliphatic carbocycles. The zero-order chi connectivity index (χ0) is 17.8. The largest absolute Gasteiger partial charge is 0.478 e. The van der Waals surface area contributed by atoms with Gasteiger partial charge >= 0.3 is 0 Å². The highest BCUT2D eigenvalue weighted by atomic mass is 19.1. The molecule has 6 nitrogen and oxygen atoms in total. The summed E-state index contributed by atoms with van der Waals surface area (Å²) in [5.74, 6) is -1.27. The molecule has 1 saturated heterocycles. The minimum absolute atomic E-state index is 0.140. The molecule has 2 heterocycles. The van der Waals surface area contributed by atoms with E-state index in [-0.39, 0.29) is 11.7 Å². The van der Waals surface area contributed by atoms with Crippen LogP contribution in [0.5, 0.6) is 5.75 Å². The van der Waals surface area contributed by atoms with Crippen molar-refractivity contribution in [1.29, 1.82) is 0 Å². The van der Waals surface area contributed by atoms with Crippen molar-refractivity contribution in [2.45, 2.75) is 13.0 Å². The highest BCUT2D eigenvalue weighted by Gasteiger charge is 2.27. The lowest BCUT2D eigenvalue weighted by atomic mass is 10.2. The van der Waals surface area contributed by atoms with Crippen LogP contribution in [0.15, 0.2) is 36.7 Å². The predicted molar refractivity (Wildman–Crippen MR) is 87.3 cm³/mol. The maximum Gasteiger partial charge on any atom is 0.263 e. The minimum atomic E-state index is -0.862. The second-order valence-electron chi connectivity index (χ2n) is 5.70. The van der Waals surface area contributed by atoms with Crippen LogP contribution in [-0.2, 0) is 4.79 Å². The fraction of sp³-hybridized carbons (Fsp3) is 0.353. The first-order chi connectivity index (χ1) is 12.0. The Morgan fingerprint density at radius 2 is 1.84 bits per heavy atom. The molecule has 0 bridgehead atoms. The monoisotopic (exact) mass is 348 g/mol. The Morgan fingerprint density at radius 3 is 2.48 bits per heavy atom. The van der Waals surface area contributed by atoms with Crippen LogP contribution in [0.25, 0.3) is 0 Å². The minimum Gasteiger partial charge on any atom is -0.478 e. The second kappa shape index (κ2) is 7.42. The Morgan fingerprint density at radius 1 is 1.16 bits per heavy atom. The molecule has 2 aromatic rings. The van der Waals surface area contributed by atoms with E-state index in [1.54, 1.807) is 30.3 Å². The van der Waals surface area contributed by atoms with Gasteiger partial charge in [0.1, 0.15) is 5.82 Å². The molecule has 0 unspecified atom stereocenters. The lowest BCUT2D eigenvalue weighted by molar-refractivity contribution is -0.138. The van der Waals surface area contributed by atoms with E-state index in [0.29, 0.717) is 32.1 Å². The van der Waals surface area contributed by atoms with Crippen LogP contribution in [0.2, 0.25) is 0 Å². The van der Waals surface area contributed by atoms with Gasteiger partial charge in [-0.1, -0.05) is 0 Å². The number of aromatic nitrogens is 2. The molecule has 0 saturated carbocycles. The second-order valence-corrected chi connectivity index (χ2v) is 5.70. The first-order valence-corrected chi connectivity index (χ1v) is 7.97. The third kappa shape index (κ3) is 4.01. The lowest BCUT2D eigenvalue weighted by Crippen LogP contribution is -2.52. The Hall–Kier alpha value is -2.77. The maximum absolute atomic E-state index is 13.6. The SMILES string of the molecule is C[C@H](Oc1ccc(F)cc1F)C(=O)N1CCN(c2ncccn2)CC1. The summed E-state index contributed by atoms with van der Waals surface area (Å²) in [4.78, 5) is 24.5. The molecule has 1 aliphatic rings. The van der Waals surface area contributed by atoms with Crippen molar-refractivity contribution in [3.63, 3.8) is 0 Å². The predicted octanol–water partition coefficient (Wildman–Crippen LogP) is 1.87. The normalized spacial score (nSPS) is 15.8. The van der Waals surface area contributed by atoms with Gasteiger partial charge in [0.15, 0.2) is 17.7 Å². The van der Waals surface area contributed by atoms with E-state index in [1.165, 1.54) is 6.07 Å². The lowest BCUT2D eigenvalue weighted by Gasteiger charge is -2.35. The van der Waals surface area contributed by atoms with Crippen molar-refractivity contribution < 1.29 is 18.3 Å². The van der Waals surface area contributed by atoms with Gasteiger partial charge in [0, 0.05) is 44.6 Å². The number of benzene rings is 1. The summed E-state index contributed by atoms with van der Waals surface area (Å²) in [6.07, 6.45) is 2.49. The molecule has 0 N–H and O–H groups in total. The number of hydrogen-bond donors (Lipinski definition) is 0. The Balaban J connectivity index is 1.56. The smallest absolute Gasteiger partial charge is 0.263 e. The summed E-state index contributed by atoms with van der Waals surface area (Å²) in [7, 11) is 0. The van der Waals surface area contributed by atoms with Crippen molar-refractivity contribution in [2.75, 3.05) is 31.1 Å². The number of halogens is 2. The van der Waals surface area contributed by atoms with Gasteiger partial charge in [-0.05, 0) is 25.1 Å². The Kier molecular flexibility index (Phi) is 5.06. The summed E-state index contributed by atoms with van der Waals surface area (Å²) in [6.45, 7) is 3.76. The summed E-state index contributed by atoms with van der Waals surface area (Å²) in [5.41, 5.74) is 0. The average molecular weight is 348 g/mol.